The van der Waals surface area contributed by atoms with Gasteiger partial charge >= 0.3 is 0 Å². The Morgan fingerprint density at radius 2 is 2.00 bits per heavy atom. The van der Waals surface area contributed by atoms with Crippen molar-refractivity contribution in [2.24, 2.45) is 5.14 Å². The first kappa shape index (κ1) is 18.7. The number of rotatable bonds is 4. The van der Waals surface area contributed by atoms with Crippen molar-refractivity contribution in [2.45, 2.75) is 44.6 Å². The van der Waals surface area contributed by atoms with Gasteiger partial charge in [0, 0.05) is 34.4 Å². The Kier molecular flexibility index (Phi) is 5.09. The van der Waals surface area contributed by atoms with Gasteiger partial charge in [0.25, 0.3) is 0 Å². The highest BCUT2D eigenvalue weighted by Gasteiger charge is 2.32. The Morgan fingerprint density at radius 1 is 1.19 bits per heavy atom. The summed E-state index contributed by atoms with van der Waals surface area (Å²) in [5, 5.41) is 5.97. The maximum atomic E-state index is 11.7. The molecule has 1 aliphatic heterocycles. The molecule has 1 aromatic carbocycles. The van der Waals surface area contributed by atoms with Crippen LogP contribution in [0.3, 0.4) is 0 Å². The van der Waals surface area contributed by atoms with Crippen molar-refractivity contribution in [3.63, 3.8) is 0 Å². The molecule has 4 rings (SSSR count). The van der Waals surface area contributed by atoms with Crippen LogP contribution in [-0.4, -0.2) is 36.7 Å². The molecule has 0 saturated carbocycles. The van der Waals surface area contributed by atoms with Crippen LogP contribution in [0.2, 0.25) is 5.02 Å². The first-order valence-corrected chi connectivity index (χ1v) is 11.4. The summed E-state index contributed by atoms with van der Waals surface area (Å²) in [6.07, 6.45) is 5.81. The van der Waals surface area contributed by atoms with Gasteiger partial charge in [-0.1, -0.05) is 23.7 Å². The standard InChI is InChI=1S/C19H23ClN4O2S/c20-14-6-3-5-13(11-14)18-22-17-9-2-1-8-16(17)19(23-18)24-10-4-7-15(24)12-27(21,25)26/h3,5-6,11,15H,1-2,4,7-10,12H2,(H2,21,25,26). The highest BCUT2D eigenvalue weighted by Crippen LogP contribution is 2.34. The molecule has 0 radical (unpaired) electrons. The topological polar surface area (TPSA) is 89.2 Å². The molecule has 144 valence electrons. The molecule has 2 aliphatic rings. The molecule has 1 saturated heterocycles. The van der Waals surface area contributed by atoms with E-state index in [1.807, 2.05) is 24.3 Å². The Labute approximate surface area is 164 Å². The number of aryl methyl sites for hydroxylation is 1. The number of anilines is 1. The Balaban J connectivity index is 1.80. The van der Waals surface area contributed by atoms with Gasteiger partial charge < -0.3 is 4.90 Å². The van der Waals surface area contributed by atoms with E-state index in [1.165, 1.54) is 0 Å². The molecule has 1 aromatic heterocycles. The maximum absolute atomic E-state index is 11.7. The van der Waals surface area contributed by atoms with E-state index in [0.29, 0.717) is 10.8 Å². The second kappa shape index (κ2) is 7.37. The molecule has 1 unspecified atom stereocenters. The second-order valence-corrected chi connectivity index (χ2v) is 9.43. The van der Waals surface area contributed by atoms with Gasteiger partial charge in [-0.3, -0.25) is 0 Å². The monoisotopic (exact) mass is 406 g/mol. The van der Waals surface area contributed by atoms with Crippen LogP contribution in [-0.2, 0) is 22.9 Å². The zero-order chi connectivity index (χ0) is 19.0. The highest BCUT2D eigenvalue weighted by molar-refractivity contribution is 7.89. The molecule has 0 bridgehead atoms. The van der Waals surface area contributed by atoms with Gasteiger partial charge in [-0.2, -0.15) is 0 Å². The normalized spacial score (nSPS) is 19.9. The molecular formula is C19H23ClN4O2S. The summed E-state index contributed by atoms with van der Waals surface area (Å²) in [7, 11) is -3.54. The van der Waals surface area contributed by atoms with Crippen LogP contribution in [0.25, 0.3) is 11.4 Å². The number of fused-ring (bicyclic) bond motifs is 1. The van der Waals surface area contributed by atoms with Crippen LogP contribution in [0.5, 0.6) is 0 Å². The summed E-state index contributed by atoms with van der Waals surface area (Å²) in [4.78, 5) is 11.8. The van der Waals surface area contributed by atoms with Gasteiger partial charge in [-0.05, 0) is 50.7 Å². The van der Waals surface area contributed by atoms with E-state index in [4.69, 9.17) is 26.7 Å². The van der Waals surface area contributed by atoms with Crippen molar-refractivity contribution in [2.75, 3.05) is 17.2 Å². The Hall–Kier alpha value is -1.70. The van der Waals surface area contributed by atoms with Crippen molar-refractivity contribution < 1.29 is 8.42 Å². The number of aromatic nitrogens is 2. The predicted octanol–water partition coefficient (Wildman–Crippen LogP) is 2.93. The summed E-state index contributed by atoms with van der Waals surface area (Å²) in [5.74, 6) is 1.48. The molecule has 1 aliphatic carbocycles. The minimum Gasteiger partial charge on any atom is -0.352 e. The van der Waals surface area contributed by atoms with E-state index in [-0.39, 0.29) is 11.8 Å². The number of nitrogens with zero attached hydrogens (tertiary/aromatic N) is 3. The first-order valence-electron chi connectivity index (χ1n) is 9.33. The summed E-state index contributed by atoms with van der Waals surface area (Å²) in [6.45, 7) is 0.790. The maximum Gasteiger partial charge on any atom is 0.211 e. The Morgan fingerprint density at radius 3 is 2.78 bits per heavy atom. The first-order chi connectivity index (χ1) is 12.9. The van der Waals surface area contributed by atoms with E-state index in [1.54, 1.807) is 0 Å². The highest BCUT2D eigenvalue weighted by atomic mass is 35.5. The fourth-order valence-corrected chi connectivity index (χ4v) is 5.20. The van der Waals surface area contributed by atoms with E-state index < -0.39 is 10.0 Å². The largest absolute Gasteiger partial charge is 0.352 e. The predicted molar refractivity (Wildman–Crippen MR) is 107 cm³/mol. The van der Waals surface area contributed by atoms with Crippen LogP contribution in [0, 0.1) is 0 Å². The SMILES string of the molecule is NS(=O)(=O)CC1CCCN1c1nc(-c2cccc(Cl)c2)nc2c1CCCC2. The lowest BCUT2D eigenvalue weighted by molar-refractivity contribution is 0.586. The summed E-state index contributed by atoms with van der Waals surface area (Å²) in [5.41, 5.74) is 3.11. The Bertz CT molecular complexity index is 964. The molecule has 1 atom stereocenters. The minimum atomic E-state index is -3.54. The fourth-order valence-electron chi connectivity index (χ4n) is 4.12. The van der Waals surface area contributed by atoms with Crippen LogP contribution in [0.4, 0.5) is 5.82 Å². The van der Waals surface area contributed by atoms with Crippen LogP contribution < -0.4 is 10.0 Å². The van der Waals surface area contributed by atoms with Gasteiger partial charge in [-0.15, -0.1) is 0 Å². The van der Waals surface area contributed by atoms with Crippen molar-refractivity contribution >= 4 is 27.4 Å². The number of sulfonamides is 1. The van der Waals surface area contributed by atoms with Crippen molar-refractivity contribution in [1.29, 1.82) is 0 Å². The van der Waals surface area contributed by atoms with Crippen LogP contribution >= 0.6 is 11.6 Å². The summed E-state index contributed by atoms with van der Waals surface area (Å²) >= 11 is 6.15. The number of hydrogen-bond acceptors (Lipinski definition) is 5. The van der Waals surface area contributed by atoms with E-state index in [0.717, 1.165) is 67.7 Å². The molecule has 0 amide bonds. The molecule has 2 N–H and O–H groups in total. The minimum absolute atomic E-state index is 0.0434. The van der Waals surface area contributed by atoms with Gasteiger partial charge in [0.1, 0.15) is 5.82 Å². The van der Waals surface area contributed by atoms with Crippen LogP contribution in [0.15, 0.2) is 24.3 Å². The molecule has 1 fully saturated rings. The van der Waals surface area contributed by atoms with E-state index >= 15 is 0 Å². The zero-order valence-corrected chi connectivity index (χ0v) is 16.6. The van der Waals surface area contributed by atoms with Gasteiger partial charge in [-0.25, -0.2) is 23.5 Å². The zero-order valence-electron chi connectivity index (χ0n) is 15.1. The van der Waals surface area contributed by atoms with E-state index in [2.05, 4.69) is 4.90 Å². The van der Waals surface area contributed by atoms with Crippen LogP contribution in [0.1, 0.15) is 36.9 Å². The average Bonchev–Trinajstić information content (AvgIpc) is 3.06. The third kappa shape index (κ3) is 4.10. The molecule has 8 heteroatoms. The smallest absolute Gasteiger partial charge is 0.211 e. The van der Waals surface area contributed by atoms with Gasteiger partial charge in [0.05, 0.1) is 5.75 Å². The third-order valence-electron chi connectivity index (χ3n) is 5.32. The fraction of sp³-hybridized carbons (Fsp3) is 0.474. The molecule has 0 spiro atoms. The molecule has 6 nitrogen and oxygen atoms in total. The lowest BCUT2D eigenvalue weighted by Gasteiger charge is -2.30. The lowest BCUT2D eigenvalue weighted by Crippen LogP contribution is -2.38. The second-order valence-electron chi connectivity index (χ2n) is 7.33. The van der Waals surface area contributed by atoms with Gasteiger partial charge in [0.2, 0.25) is 10.0 Å². The number of nitrogens with two attached hydrogens (primary N) is 1. The van der Waals surface area contributed by atoms with Crippen molar-refractivity contribution in [3.05, 3.63) is 40.5 Å². The molecular weight excluding hydrogens is 384 g/mol. The van der Waals surface area contributed by atoms with Crippen molar-refractivity contribution in [3.8, 4) is 11.4 Å². The molecule has 2 heterocycles. The number of primary sulfonamides is 1. The number of hydrogen-bond donors (Lipinski definition) is 1. The third-order valence-corrected chi connectivity index (χ3v) is 6.40. The number of benzene rings is 1. The average molecular weight is 407 g/mol. The quantitative estimate of drug-likeness (QED) is 0.843. The van der Waals surface area contributed by atoms with E-state index in [9.17, 15) is 8.42 Å². The van der Waals surface area contributed by atoms with Gasteiger partial charge in [0.15, 0.2) is 5.82 Å². The molecule has 27 heavy (non-hydrogen) atoms. The summed E-state index contributed by atoms with van der Waals surface area (Å²) < 4.78 is 23.4. The summed E-state index contributed by atoms with van der Waals surface area (Å²) in [6, 6.07) is 7.40. The number of halogens is 1. The lowest BCUT2D eigenvalue weighted by atomic mass is 9.95. The van der Waals surface area contributed by atoms with Crippen molar-refractivity contribution in [1.82, 2.24) is 9.97 Å². The molecule has 2 aromatic rings.